The number of rotatable bonds is 10. The number of hydrogen-bond donors (Lipinski definition) is 2. The normalized spacial score (nSPS) is 14.5. The molecule has 1 atom stereocenters. The summed E-state index contributed by atoms with van der Waals surface area (Å²) >= 11 is 0. The fourth-order valence-corrected chi connectivity index (χ4v) is 5.31. The van der Waals surface area contributed by atoms with Gasteiger partial charge >= 0.3 is 0 Å². The number of carbonyl (C=O) groups excluding carboxylic acids is 1. The number of H-pyrrole nitrogens is 1. The quantitative estimate of drug-likeness (QED) is 0.262. The predicted octanol–water partition coefficient (Wildman–Crippen LogP) is 5.57. The Morgan fingerprint density at radius 2 is 1.82 bits per heavy atom. The second-order valence-electron chi connectivity index (χ2n) is 9.77. The monoisotopic (exact) mass is 527 g/mol. The molecule has 8 heteroatoms. The van der Waals surface area contributed by atoms with Crippen LogP contribution in [0.3, 0.4) is 0 Å². The number of aryl methyl sites for hydroxylation is 2. The molecule has 1 aromatic heterocycles. The average molecular weight is 528 g/mol. The first-order valence-corrected chi connectivity index (χ1v) is 13.0. The number of nitrogens with zero attached hydrogens (tertiary/aromatic N) is 2. The Kier molecular flexibility index (Phi) is 7.56. The fourth-order valence-electron chi connectivity index (χ4n) is 5.31. The highest BCUT2D eigenvalue weighted by Gasteiger charge is 2.42. The largest absolute Gasteiger partial charge is 0.507 e. The van der Waals surface area contributed by atoms with Gasteiger partial charge in [-0.3, -0.25) is 9.89 Å². The zero-order chi connectivity index (χ0) is 27.5. The molecule has 8 nitrogen and oxygen atoms in total. The zero-order valence-electron chi connectivity index (χ0n) is 22.7. The molecule has 5 rings (SSSR count). The number of aromatic nitrogens is 2. The van der Waals surface area contributed by atoms with Crippen molar-refractivity contribution < 1.29 is 24.1 Å². The number of aromatic amines is 1. The van der Waals surface area contributed by atoms with Crippen LogP contribution in [0.4, 0.5) is 0 Å². The third kappa shape index (κ3) is 5.07. The van der Waals surface area contributed by atoms with Crippen LogP contribution in [0.15, 0.2) is 60.7 Å². The van der Waals surface area contributed by atoms with Crippen LogP contribution < -0.4 is 9.47 Å². The summed E-state index contributed by atoms with van der Waals surface area (Å²) in [6.45, 7) is 5.30. The number of methoxy groups -OCH3 is 2. The first-order chi connectivity index (χ1) is 18.9. The predicted molar refractivity (Wildman–Crippen MR) is 148 cm³/mol. The second kappa shape index (κ2) is 11.2. The van der Waals surface area contributed by atoms with Gasteiger partial charge in [-0.1, -0.05) is 42.5 Å². The number of benzene rings is 3. The molecule has 0 fully saturated rings. The second-order valence-corrected chi connectivity index (χ2v) is 9.77. The first kappa shape index (κ1) is 26.3. The standard InChI is InChI=1S/C31H33N3O5/c1-19-15-20(2)26(23(35)16-19)28-27-29(33-32-28)31(36)34(13-8-14-37-3)30(27)22-11-12-24(25(17-22)38-4)39-18-21-9-6-5-7-10-21/h5-7,9-12,15-17,30,35H,8,13-14,18H2,1-4H3,(H,32,33). The molecule has 0 saturated carbocycles. The van der Waals surface area contributed by atoms with Gasteiger partial charge in [-0.15, -0.1) is 0 Å². The Morgan fingerprint density at radius 3 is 2.54 bits per heavy atom. The summed E-state index contributed by atoms with van der Waals surface area (Å²) in [6, 6.07) is 19.0. The minimum Gasteiger partial charge on any atom is -0.507 e. The van der Waals surface area contributed by atoms with E-state index in [-0.39, 0.29) is 11.7 Å². The van der Waals surface area contributed by atoms with Crippen molar-refractivity contribution in [3.8, 4) is 28.5 Å². The molecule has 1 aliphatic rings. The van der Waals surface area contributed by atoms with E-state index < -0.39 is 6.04 Å². The SMILES string of the molecule is COCCCN1C(=O)c2[nH]nc(-c3c(C)cc(C)cc3O)c2C1c1ccc(OCc2ccccc2)c(OC)c1. The molecule has 0 saturated heterocycles. The lowest BCUT2D eigenvalue weighted by Gasteiger charge is -2.27. The minimum atomic E-state index is -0.435. The summed E-state index contributed by atoms with van der Waals surface area (Å²) in [5.41, 5.74) is 6.08. The molecule has 0 bridgehead atoms. The maximum atomic E-state index is 13.6. The molecule has 39 heavy (non-hydrogen) atoms. The Morgan fingerprint density at radius 1 is 1.03 bits per heavy atom. The molecule has 1 unspecified atom stereocenters. The van der Waals surface area contributed by atoms with Gasteiger partial charge in [0.2, 0.25) is 0 Å². The number of amides is 1. The van der Waals surface area contributed by atoms with Crippen molar-refractivity contribution in [2.24, 2.45) is 0 Å². The Bertz CT molecular complexity index is 1460. The van der Waals surface area contributed by atoms with Gasteiger partial charge < -0.3 is 24.2 Å². The number of phenols is 1. The van der Waals surface area contributed by atoms with E-state index in [9.17, 15) is 9.90 Å². The number of nitrogens with one attached hydrogen (secondary N) is 1. The smallest absolute Gasteiger partial charge is 0.273 e. The molecule has 1 amide bonds. The highest BCUT2D eigenvalue weighted by molar-refractivity contribution is 6.00. The lowest BCUT2D eigenvalue weighted by Crippen LogP contribution is -2.31. The van der Waals surface area contributed by atoms with E-state index in [4.69, 9.17) is 14.2 Å². The van der Waals surface area contributed by atoms with Crippen LogP contribution in [-0.4, -0.2) is 53.5 Å². The van der Waals surface area contributed by atoms with Crippen molar-refractivity contribution >= 4 is 5.91 Å². The fraction of sp³-hybridized carbons (Fsp3) is 0.290. The van der Waals surface area contributed by atoms with Crippen molar-refractivity contribution in [2.75, 3.05) is 27.4 Å². The summed E-state index contributed by atoms with van der Waals surface area (Å²) in [7, 11) is 3.25. The number of phenolic OH excluding ortho intramolecular Hbond substituents is 1. The maximum absolute atomic E-state index is 13.6. The van der Waals surface area contributed by atoms with Gasteiger partial charge in [0, 0.05) is 31.4 Å². The molecule has 3 aromatic carbocycles. The van der Waals surface area contributed by atoms with E-state index in [0.717, 1.165) is 27.8 Å². The molecule has 0 spiro atoms. The topological polar surface area (TPSA) is 96.9 Å². The molecule has 2 heterocycles. The van der Waals surface area contributed by atoms with E-state index in [1.165, 1.54) is 0 Å². The molecule has 0 radical (unpaired) electrons. The first-order valence-electron chi connectivity index (χ1n) is 13.0. The van der Waals surface area contributed by atoms with E-state index in [0.29, 0.717) is 54.6 Å². The minimum absolute atomic E-state index is 0.132. The van der Waals surface area contributed by atoms with Crippen LogP contribution in [-0.2, 0) is 11.3 Å². The van der Waals surface area contributed by atoms with Crippen molar-refractivity contribution in [1.82, 2.24) is 15.1 Å². The highest BCUT2D eigenvalue weighted by atomic mass is 16.5. The van der Waals surface area contributed by atoms with Crippen molar-refractivity contribution in [3.63, 3.8) is 0 Å². The molecular weight excluding hydrogens is 494 g/mol. The van der Waals surface area contributed by atoms with Gasteiger partial charge in [-0.2, -0.15) is 5.10 Å². The maximum Gasteiger partial charge on any atom is 0.273 e. The van der Waals surface area contributed by atoms with Gasteiger partial charge in [0.15, 0.2) is 11.5 Å². The summed E-state index contributed by atoms with van der Waals surface area (Å²) < 4.78 is 17.1. The van der Waals surface area contributed by atoms with E-state index >= 15 is 0 Å². The lowest BCUT2D eigenvalue weighted by atomic mass is 9.93. The van der Waals surface area contributed by atoms with E-state index in [1.807, 2.05) is 73.3 Å². The van der Waals surface area contributed by atoms with Gasteiger partial charge in [0.25, 0.3) is 5.91 Å². The molecule has 4 aromatic rings. The number of fused-ring (bicyclic) bond motifs is 1. The van der Waals surface area contributed by atoms with Crippen LogP contribution in [0.2, 0.25) is 0 Å². The molecular formula is C31H33N3O5. The Labute approximate surface area is 228 Å². The van der Waals surface area contributed by atoms with Crippen LogP contribution in [0.1, 0.15) is 50.8 Å². The van der Waals surface area contributed by atoms with Gasteiger partial charge in [0.1, 0.15) is 23.7 Å². The molecule has 2 N–H and O–H groups in total. The van der Waals surface area contributed by atoms with Gasteiger partial charge in [0.05, 0.1) is 13.2 Å². The van der Waals surface area contributed by atoms with Gasteiger partial charge in [-0.25, -0.2) is 0 Å². The summed E-state index contributed by atoms with van der Waals surface area (Å²) in [5, 5.41) is 18.4. The van der Waals surface area contributed by atoms with Crippen molar-refractivity contribution in [2.45, 2.75) is 32.9 Å². The Balaban J connectivity index is 1.57. The summed E-state index contributed by atoms with van der Waals surface area (Å²) in [6.07, 6.45) is 0.677. The van der Waals surface area contributed by atoms with Gasteiger partial charge in [-0.05, 0) is 60.7 Å². The van der Waals surface area contributed by atoms with Crippen molar-refractivity contribution in [3.05, 3.63) is 94.2 Å². The van der Waals surface area contributed by atoms with Crippen LogP contribution in [0, 0.1) is 13.8 Å². The third-order valence-corrected chi connectivity index (χ3v) is 7.05. The lowest BCUT2D eigenvalue weighted by molar-refractivity contribution is 0.0723. The molecule has 202 valence electrons. The third-order valence-electron chi connectivity index (χ3n) is 7.05. The van der Waals surface area contributed by atoms with Crippen LogP contribution >= 0.6 is 0 Å². The zero-order valence-corrected chi connectivity index (χ0v) is 22.7. The number of hydrogen-bond acceptors (Lipinski definition) is 6. The average Bonchev–Trinajstić information content (AvgIpc) is 3.46. The highest BCUT2D eigenvalue weighted by Crippen LogP contribution is 2.46. The summed E-state index contributed by atoms with van der Waals surface area (Å²) in [5.74, 6) is 1.17. The summed E-state index contributed by atoms with van der Waals surface area (Å²) in [4.78, 5) is 15.4. The van der Waals surface area contributed by atoms with E-state index in [1.54, 1.807) is 20.3 Å². The van der Waals surface area contributed by atoms with E-state index in [2.05, 4.69) is 10.2 Å². The number of carbonyl (C=O) groups is 1. The van der Waals surface area contributed by atoms with Crippen LogP contribution in [0.25, 0.3) is 11.3 Å². The number of aromatic hydroxyl groups is 1. The molecule has 0 aliphatic carbocycles. The molecule has 1 aliphatic heterocycles. The number of ether oxygens (including phenoxy) is 3. The Hall–Kier alpha value is -4.30. The van der Waals surface area contributed by atoms with Crippen LogP contribution in [0.5, 0.6) is 17.2 Å². The van der Waals surface area contributed by atoms with Crippen molar-refractivity contribution in [1.29, 1.82) is 0 Å².